The van der Waals surface area contributed by atoms with E-state index in [-0.39, 0.29) is 17.2 Å². The normalized spacial score (nSPS) is 29.1. The first-order valence-electron chi connectivity index (χ1n) is 8.09. The van der Waals surface area contributed by atoms with Crippen molar-refractivity contribution in [1.82, 2.24) is 5.32 Å². The Hall–Kier alpha value is -1.43. The van der Waals surface area contributed by atoms with Crippen LogP contribution in [0.4, 0.5) is 5.69 Å². The molecular formula is C17H22N2O3. The third-order valence-electron chi connectivity index (χ3n) is 5.04. The molecular weight excluding hydrogens is 280 g/mol. The van der Waals surface area contributed by atoms with Crippen LogP contribution in [0.25, 0.3) is 0 Å². The Labute approximate surface area is 130 Å². The molecule has 0 saturated carbocycles. The number of para-hydroxylation sites is 1. The van der Waals surface area contributed by atoms with Gasteiger partial charge in [-0.15, -0.1) is 0 Å². The first-order valence-corrected chi connectivity index (χ1v) is 8.09. The summed E-state index contributed by atoms with van der Waals surface area (Å²) in [6.07, 6.45) is 0.886. The lowest BCUT2D eigenvalue weighted by Crippen LogP contribution is -2.44. The number of nitrogens with one attached hydrogen (secondary N) is 1. The van der Waals surface area contributed by atoms with E-state index in [1.54, 1.807) is 0 Å². The molecule has 1 aromatic rings. The van der Waals surface area contributed by atoms with Crippen LogP contribution in [0.3, 0.4) is 0 Å². The molecule has 3 aliphatic rings. The quantitative estimate of drug-likeness (QED) is 0.883. The standard InChI is InChI=1S/C17H22N2O3/c20-16-17(5-6-18-12-17)14-3-1-2-4-15(14)19(16)9-13-10-21-7-8-22-11-13/h1-4,13,18H,5-12H2. The SMILES string of the molecule is O=C1N(CC2COCCOC2)c2ccccc2C12CCNC2. The third-order valence-corrected chi connectivity index (χ3v) is 5.04. The Kier molecular flexibility index (Phi) is 3.64. The summed E-state index contributed by atoms with van der Waals surface area (Å²) in [5.41, 5.74) is 1.89. The van der Waals surface area contributed by atoms with Crippen LogP contribution in [0.1, 0.15) is 12.0 Å². The Bertz CT molecular complexity index is 561. The molecule has 0 bridgehead atoms. The number of amides is 1. The summed E-state index contributed by atoms with van der Waals surface area (Å²) in [7, 11) is 0. The molecule has 2 saturated heterocycles. The Morgan fingerprint density at radius 2 is 2.00 bits per heavy atom. The minimum absolute atomic E-state index is 0.239. The van der Waals surface area contributed by atoms with Gasteiger partial charge in [-0.1, -0.05) is 18.2 Å². The van der Waals surface area contributed by atoms with Crippen LogP contribution < -0.4 is 10.2 Å². The number of fused-ring (bicyclic) bond motifs is 2. The van der Waals surface area contributed by atoms with Crippen LogP contribution in [-0.2, 0) is 19.7 Å². The average molecular weight is 302 g/mol. The number of ether oxygens (including phenoxy) is 2. The molecule has 1 N–H and O–H groups in total. The monoisotopic (exact) mass is 302 g/mol. The van der Waals surface area contributed by atoms with Crippen LogP contribution in [0, 0.1) is 5.92 Å². The van der Waals surface area contributed by atoms with Gasteiger partial charge < -0.3 is 19.7 Å². The van der Waals surface area contributed by atoms with Gasteiger partial charge in [-0.25, -0.2) is 0 Å². The molecule has 1 spiro atoms. The smallest absolute Gasteiger partial charge is 0.239 e. The highest BCUT2D eigenvalue weighted by Crippen LogP contribution is 2.45. The fourth-order valence-corrected chi connectivity index (χ4v) is 3.91. The number of benzene rings is 1. The van der Waals surface area contributed by atoms with Gasteiger partial charge >= 0.3 is 0 Å². The fraction of sp³-hybridized carbons (Fsp3) is 0.588. The lowest BCUT2D eigenvalue weighted by Gasteiger charge is -2.25. The van der Waals surface area contributed by atoms with Gasteiger partial charge in [0.05, 0.1) is 31.8 Å². The third kappa shape index (κ3) is 2.16. The second-order valence-corrected chi connectivity index (χ2v) is 6.46. The molecule has 1 unspecified atom stereocenters. The van der Waals surface area contributed by atoms with E-state index in [1.807, 2.05) is 17.0 Å². The molecule has 118 valence electrons. The van der Waals surface area contributed by atoms with Crippen LogP contribution in [0.15, 0.2) is 24.3 Å². The molecule has 0 radical (unpaired) electrons. The minimum atomic E-state index is -0.358. The van der Waals surface area contributed by atoms with E-state index in [4.69, 9.17) is 9.47 Å². The molecule has 1 atom stereocenters. The lowest BCUT2D eigenvalue weighted by molar-refractivity contribution is -0.122. The lowest BCUT2D eigenvalue weighted by atomic mass is 9.81. The Balaban J connectivity index is 1.64. The largest absolute Gasteiger partial charge is 0.379 e. The predicted octanol–water partition coefficient (Wildman–Crippen LogP) is 0.927. The van der Waals surface area contributed by atoms with Crippen LogP contribution >= 0.6 is 0 Å². The van der Waals surface area contributed by atoms with Crippen molar-refractivity contribution in [3.8, 4) is 0 Å². The van der Waals surface area contributed by atoms with E-state index in [2.05, 4.69) is 17.4 Å². The summed E-state index contributed by atoms with van der Waals surface area (Å²) in [5.74, 6) is 0.479. The average Bonchev–Trinajstić information content (AvgIpc) is 3.01. The highest BCUT2D eigenvalue weighted by Gasteiger charge is 2.52. The van der Waals surface area contributed by atoms with Crippen LogP contribution in [0.2, 0.25) is 0 Å². The number of rotatable bonds is 2. The van der Waals surface area contributed by atoms with Crippen molar-refractivity contribution < 1.29 is 14.3 Å². The molecule has 5 nitrogen and oxygen atoms in total. The summed E-state index contributed by atoms with van der Waals surface area (Å²) >= 11 is 0. The van der Waals surface area contributed by atoms with Crippen LogP contribution in [0.5, 0.6) is 0 Å². The maximum Gasteiger partial charge on any atom is 0.239 e. The molecule has 1 aromatic carbocycles. The predicted molar refractivity (Wildman–Crippen MR) is 83.1 cm³/mol. The molecule has 3 heterocycles. The molecule has 22 heavy (non-hydrogen) atoms. The minimum Gasteiger partial charge on any atom is -0.379 e. The maximum absolute atomic E-state index is 13.2. The first kappa shape index (κ1) is 14.2. The van der Waals surface area contributed by atoms with Gasteiger partial charge in [-0.3, -0.25) is 4.79 Å². The van der Waals surface area contributed by atoms with Crippen molar-refractivity contribution >= 4 is 11.6 Å². The zero-order valence-corrected chi connectivity index (χ0v) is 12.7. The number of carbonyl (C=O) groups excluding carboxylic acids is 1. The molecule has 1 amide bonds. The number of anilines is 1. The number of nitrogens with zero attached hydrogens (tertiary/aromatic N) is 1. The summed E-state index contributed by atoms with van der Waals surface area (Å²) in [6, 6.07) is 8.23. The van der Waals surface area contributed by atoms with E-state index >= 15 is 0 Å². The molecule has 0 aromatic heterocycles. The number of hydrogen-bond acceptors (Lipinski definition) is 4. The number of carbonyl (C=O) groups is 1. The van der Waals surface area contributed by atoms with Gasteiger partial charge in [0.1, 0.15) is 0 Å². The van der Waals surface area contributed by atoms with Crippen molar-refractivity contribution in [3.63, 3.8) is 0 Å². The first-order chi connectivity index (χ1) is 10.8. The van der Waals surface area contributed by atoms with E-state index in [9.17, 15) is 4.79 Å². The summed E-state index contributed by atoms with van der Waals surface area (Å²) in [5, 5.41) is 3.36. The van der Waals surface area contributed by atoms with Gasteiger partial charge in [0.2, 0.25) is 5.91 Å². The second kappa shape index (κ2) is 5.65. The zero-order valence-electron chi connectivity index (χ0n) is 12.7. The van der Waals surface area contributed by atoms with Crippen LogP contribution in [-0.4, -0.2) is 52.0 Å². The highest BCUT2D eigenvalue weighted by atomic mass is 16.5. The van der Waals surface area contributed by atoms with Crippen molar-refractivity contribution in [2.24, 2.45) is 5.92 Å². The van der Waals surface area contributed by atoms with E-state index in [0.29, 0.717) is 33.0 Å². The van der Waals surface area contributed by atoms with Gasteiger partial charge in [-0.05, 0) is 24.6 Å². The highest BCUT2D eigenvalue weighted by molar-refractivity contribution is 6.08. The van der Waals surface area contributed by atoms with E-state index < -0.39 is 0 Å². The Morgan fingerprint density at radius 3 is 2.73 bits per heavy atom. The topological polar surface area (TPSA) is 50.8 Å². The van der Waals surface area contributed by atoms with Gasteiger partial charge in [0.15, 0.2) is 0 Å². The second-order valence-electron chi connectivity index (χ2n) is 6.46. The Morgan fingerprint density at radius 1 is 1.23 bits per heavy atom. The molecule has 0 aliphatic carbocycles. The van der Waals surface area contributed by atoms with E-state index in [0.717, 1.165) is 25.2 Å². The van der Waals surface area contributed by atoms with Crippen molar-refractivity contribution in [1.29, 1.82) is 0 Å². The maximum atomic E-state index is 13.2. The van der Waals surface area contributed by atoms with Gasteiger partial charge in [-0.2, -0.15) is 0 Å². The van der Waals surface area contributed by atoms with Gasteiger partial charge in [0, 0.05) is 24.7 Å². The molecule has 4 rings (SSSR count). The molecule has 5 heteroatoms. The molecule has 3 aliphatic heterocycles. The fourth-order valence-electron chi connectivity index (χ4n) is 3.91. The molecule has 2 fully saturated rings. The van der Waals surface area contributed by atoms with Crippen molar-refractivity contribution in [2.45, 2.75) is 11.8 Å². The van der Waals surface area contributed by atoms with E-state index in [1.165, 1.54) is 5.56 Å². The van der Waals surface area contributed by atoms with Gasteiger partial charge in [0.25, 0.3) is 0 Å². The summed E-state index contributed by atoms with van der Waals surface area (Å²) in [4.78, 5) is 15.1. The summed E-state index contributed by atoms with van der Waals surface area (Å²) < 4.78 is 11.2. The summed E-state index contributed by atoms with van der Waals surface area (Å²) in [6.45, 7) is 4.95. The van der Waals surface area contributed by atoms with Crippen molar-refractivity contribution in [2.75, 3.05) is 51.0 Å². The number of hydrogen-bond donors (Lipinski definition) is 1. The van der Waals surface area contributed by atoms with Crippen molar-refractivity contribution in [3.05, 3.63) is 29.8 Å². The zero-order chi connectivity index (χ0) is 15.0.